The minimum atomic E-state index is -0.710. The molecule has 2 unspecified atom stereocenters. The number of carbonyl (C=O) groups is 1. The van der Waals surface area contributed by atoms with Crippen molar-refractivity contribution in [3.8, 4) is 0 Å². The van der Waals surface area contributed by atoms with Crippen LogP contribution in [0, 0.1) is 5.92 Å². The molecule has 0 spiro atoms. The van der Waals surface area contributed by atoms with Crippen LogP contribution in [0.5, 0.6) is 0 Å². The van der Waals surface area contributed by atoms with E-state index in [0.29, 0.717) is 12.0 Å². The molecule has 1 heterocycles. The number of carboxylic acids is 1. The van der Waals surface area contributed by atoms with Gasteiger partial charge in [0.1, 0.15) is 5.54 Å². The summed E-state index contributed by atoms with van der Waals surface area (Å²) in [5, 5.41) is 12.7. The zero-order chi connectivity index (χ0) is 12.5. The van der Waals surface area contributed by atoms with Crippen molar-refractivity contribution < 1.29 is 9.90 Å². The van der Waals surface area contributed by atoms with Crippen molar-refractivity contribution in [2.24, 2.45) is 5.92 Å². The van der Waals surface area contributed by atoms with Gasteiger partial charge < -0.3 is 15.3 Å². The fraction of sp³-hybridized carbons (Fsp3) is 0.923. The van der Waals surface area contributed by atoms with Crippen LogP contribution >= 0.6 is 0 Å². The van der Waals surface area contributed by atoms with E-state index in [2.05, 4.69) is 17.3 Å². The van der Waals surface area contributed by atoms with Gasteiger partial charge in [0.2, 0.25) is 0 Å². The Labute approximate surface area is 103 Å². The van der Waals surface area contributed by atoms with Crippen LogP contribution in [-0.2, 0) is 4.79 Å². The van der Waals surface area contributed by atoms with Crippen molar-refractivity contribution in [1.82, 2.24) is 10.2 Å². The van der Waals surface area contributed by atoms with E-state index in [1.54, 1.807) is 0 Å². The first-order chi connectivity index (χ1) is 8.04. The van der Waals surface area contributed by atoms with Crippen molar-refractivity contribution in [2.75, 3.05) is 20.1 Å². The lowest BCUT2D eigenvalue weighted by Gasteiger charge is -2.35. The molecule has 2 aliphatic rings. The summed E-state index contributed by atoms with van der Waals surface area (Å²) >= 11 is 0. The molecule has 1 aliphatic carbocycles. The molecule has 1 saturated heterocycles. The standard InChI is InChI=1S/C13H24N2O2/c1-13(12(16)17,10-6-7-10)14-9-11-5-3-4-8-15(11)2/h10-11,14H,3-9H2,1-2H3,(H,16,17). The maximum atomic E-state index is 11.4. The van der Waals surface area contributed by atoms with Gasteiger partial charge in [-0.2, -0.15) is 0 Å². The second kappa shape index (κ2) is 4.94. The molecule has 4 heteroatoms. The molecule has 1 aliphatic heterocycles. The zero-order valence-electron chi connectivity index (χ0n) is 10.9. The molecule has 1 saturated carbocycles. The van der Waals surface area contributed by atoms with Crippen molar-refractivity contribution in [2.45, 2.75) is 50.6 Å². The van der Waals surface area contributed by atoms with Crippen molar-refractivity contribution in [1.29, 1.82) is 0 Å². The zero-order valence-corrected chi connectivity index (χ0v) is 10.9. The number of aliphatic carboxylic acids is 1. The van der Waals surface area contributed by atoms with Crippen LogP contribution in [0.15, 0.2) is 0 Å². The first kappa shape index (κ1) is 12.8. The fourth-order valence-corrected chi connectivity index (χ4v) is 2.79. The Morgan fingerprint density at radius 1 is 1.41 bits per heavy atom. The number of rotatable bonds is 5. The van der Waals surface area contributed by atoms with E-state index in [4.69, 9.17) is 0 Å². The monoisotopic (exact) mass is 240 g/mol. The van der Waals surface area contributed by atoms with E-state index in [1.807, 2.05) is 6.92 Å². The molecule has 2 fully saturated rings. The molecule has 17 heavy (non-hydrogen) atoms. The normalized spacial score (nSPS) is 29.9. The Hall–Kier alpha value is -0.610. The molecule has 2 atom stereocenters. The average molecular weight is 240 g/mol. The van der Waals surface area contributed by atoms with Crippen LogP contribution < -0.4 is 5.32 Å². The van der Waals surface area contributed by atoms with Gasteiger partial charge in [-0.05, 0) is 52.1 Å². The van der Waals surface area contributed by atoms with Gasteiger partial charge in [0.15, 0.2) is 0 Å². The van der Waals surface area contributed by atoms with Gasteiger partial charge >= 0.3 is 5.97 Å². The number of carboxylic acid groups (broad SMARTS) is 1. The molecule has 2 rings (SSSR count). The Kier molecular flexibility index (Phi) is 3.73. The molecule has 0 aromatic rings. The predicted molar refractivity (Wildman–Crippen MR) is 67.0 cm³/mol. The molecule has 0 radical (unpaired) electrons. The van der Waals surface area contributed by atoms with Crippen LogP contribution in [-0.4, -0.2) is 47.7 Å². The second-order valence-corrected chi connectivity index (χ2v) is 5.79. The average Bonchev–Trinajstić information content (AvgIpc) is 3.11. The van der Waals surface area contributed by atoms with Gasteiger partial charge in [-0.25, -0.2) is 0 Å². The van der Waals surface area contributed by atoms with E-state index < -0.39 is 11.5 Å². The van der Waals surface area contributed by atoms with Crippen LogP contribution in [0.1, 0.15) is 39.0 Å². The number of hydrogen-bond acceptors (Lipinski definition) is 3. The molecule has 4 nitrogen and oxygen atoms in total. The van der Waals surface area contributed by atoms with Gasteiger partial charge in [0.05, 0.1) is 0 Å². The van der Waals surface area contributed by atoms with E-state index in [-0.39, 0.29) is 0 Å². The molecule has 2 N–H and O–H groups in total. The fourth-order valence-electron chi connectivity index (χ4n) is 2.79. The SMILES string of the molecule is CN1CCCCC1CNC(C)(C(=O)O)C1CC1. The summed E-state index contributed by atoms with van der Waals surface area (Å²) in [7, 11) is 2.14. The van der Waals surface area contributed by atoms with Crippen LogP contribution in [0.4, 0.5) is 0 Å². The molecule has 0 bridgehead atoms. The molecule has 98 valence electrons. The highest BCUT2D eigenvalue weighted by atomic mass is 16.4. The van der Waals surface area contributed by atoms with Crippen molar-refractivity contribution in [3.63, 3.8) is 0 Å². The predicted octanol–water partition coefficient (Wildman–Crippen LogP) is 1.31. The van der Waals surface area contributed by atoms with Crippen LogP contribution in [0.25, 0.3) is 0 Å². The number of piperidine rings is 1. The Balaban J connectivity index is 1.88. The third-order valence-electron chi connectivity index (χ3n) is 4.46. The molecule has 0 aromatic carbocycles. The summed E-state index contributed by atoms with van der Waals surface area (Å²) in [6.45, 7) is 3.78. The highest BCUT2D eigenvalue weighted by Crippen LogP contribution is 2.39. The van der Waals surface area contributed by atoms with Gasteiger partial charge in [0.25, 0.3) is 0 Å². The number of likely N-dealkylation sites (N-methyl/N-ethyl adjacent to an activating group) is 1. The molecule has 0 aromatic heterocycles. The lowest BCUT2D eigenvalue weighted by molar-refractivity contribution is -0.145. The number of likely N-dealkylation sites (tertiary alicyclic amines) is 1. The Morgan fingerprint density at radius 2 is 2.12 bits per heavy atom. The summed E-state index contributed by atoms with van der Waals surface area (Å²) in [5.41, 5.74) is -0.710. The molecule has 0 amide bonds. The maximum absolute atomic E-state index is 11.4. The summed E-state index contributed by atoms with van der Waals surface area (Å²) < 4.78 is 0. The quantitative estimate of drug-likeness (QED) is 0.761. The number of nitrogens with zero attached hydrogens (tertiary/aromatic N) is 1. The Morgan fingerprint density at radius 3 is 2.65 bits per heavy atom. The number of nitrogens with one attached hydrogen (secondary N) is 1. The highest BCUT2D eigenvalue weighted by molar-refractivity contribution is 5.79. The van der Waals surface area contributed by atoms with Gasteiger partial charge in [0, 0.05) is 12.6 Å². The summed E-state index contributed by atoms with van der Waals surface area (Å²) in [6, 6.07) is 0.501. The first-order valence-electron chi connectivity index (χ1n) is 6.72. The van der Waals surface area contributed by atoms with E-state index in [1.165, 1.54) is 19.3 Å². The van der Waals surface area contributed by atoms with E-state index in [0.717, 1.165) is 25.9 Å². The van der Waals surface area contributed by atoms with E-state index in [9.17, 15) is 9.90 Å². The summed E-state index contributed by atoms with van der Waals surface area (Å²) in [5.74, 6) is -0.368. The van der Waals surface area contributed by atoms with Crippen LogP contribution in [0.2, 0.25) is 0 Å². The highest BCUT2D eigenvalue weighted by Gasteiger charge is 2.47. The summed E-state index contributed by atoms with van der Waals surface area (Å²) in [6.07, 6.45) is 5.83. The number of hydrogen-bond donors (Lipinski definition) is 2. The topological polar surface area (TPSA) is 52.6 Å². The summed E-state index contributed by atoms with van der Waals surface area (Å²) in [4.78, 5) is 13.7. The minimum absolute atomic E-state index is 0.328. The smallest absolute Gasteiger partial charge is 0.323 e. The van der Waals surface area contributed by atoms with E-state index >= 15 is 0 Å². The van der Waals surface area contributed by atoms with Crippen LogP contribution in [0.3, 0.4) is 0 Å². The van der Waals surface area contributed by atoms with Crippen molar-refractivity contribution in [3.05, 3.63) is 0 Å². The third-order valence-corrected chi connectivity index (χ3v) is 4.46. The lowest BCUT2D eigenvalue weighted by atomic mass is 9.94. The third kappa shape index (κ3) is 2.80. The maximum Gasteiger partial charge on any atom is 0.323 e. The van der Waals surface area contributed by atoms with Crippen molar-refractivity contribution >= 4 is 5.97 Å². The molecular formula is C13H24N2O2. The largest absolute Gasteiger partial charge is 0.480 e. The minimum Gasteiger partial charge on any atom is -0.480 e. The molecular weight excluding hydrogens is 216 g/mol. The lowest BCUT2D eigenvalue weighted by Crippen LogP contribution is -2.56. The van der Waals surface area contributed by atoms with Gasteiger partial charge in [-0.1, -0.05) is 6.42 Å². The van der Waals surface area contributed by atoms with Gasteiger partial charge in [-0.15, -0.1) is 0 Å². The second-order valence-electron chi connectivity index (χ2n) is 5.79. The van der Waals surface area contributed by atoms with Gasteiger partial charge in [-0.3, -0.25) is 4.79 Å². The first-order valence-corrected chi connectivity index (χ1v) is 6.72. The Bertz CT molecular complexity index is 291.